The van der Waals surface area contributed by atoms with E-state index in [9.17, 15) is 0 Å². The summed E-state index contributed by atoms with van der Waals surface area (Å²) in [6, 6.07) is 31.2. The lowest BCUT2D eigenvalue weighted by atomic mass is 9.95. The van der Waals surface area contributed by atoms with E-state index < -0.39 is 0 Å². The van der Waals surface area contributed by atoms with E-state index in [4.69, 9.17) is 5.10 Å². The third-order valence-corrected chi connectivity index (χ3v) is 6.60. The highest BCUT2D eigenvalue weighted by atomic mass is 15.5. The number of hydrogen-bond acceptors (Lipinski definition) is 3. The van der Waals surface area contributed by atoms with Crippen LogP contribution >= 0.6 is 0 Å². The Labute approximate surface area is 185 Å². The van der Waals surface area contributed by atoms with Gasteiger partial charge in [0.1, 0.15) is 0 Å². The molecule has 3 aromatic carbocycles. The highest BCUT2D eigenvalue weighted by Crippen LogP contribution is 2.36. The molecule has 0 radical (unpaired) electrons. The summed E-state index contributed by atoms with van der Waals surface area (Å²) in [6.07, 6.45) is 7.70. The summed E-state index contributed by atoms with van der Waals surface area (Å²) >= 11 is 0. The zero-order valence-corrected chi connectivity index (χ0v) is 18.1. The quantitative estimate of drug-likeness (QED) is 0.505. The van der Waals surface area contributed by atoms with Crippen molar-refractivity contribution in [2.75, 3.05) is 5.01 Å². The number of hydrazone groups is 1. The lowest BCUT2D eigenvalue weighted by molar-refractivity contribution is 0.372. The first-order valence-corrected chi connectivity index (χ1v) is 11.7. The lowest BCUT2D eigenvalue weighted by Crippen LogP contribution is -2.30. The Kier molecular flexibility index (Phi) is 6.13. The molecule has 1 fully saturated rings. The summed E-state index contributed by atoms with van der Waals surface area (Å²) in [5, 5.41) is 11.0. The van der Waals surface area contributed by atoms with Crippen molar-refractivity contribution in [2.45, 2.75) is 57.2 Å². The Balaban J connectivity index is 1.35. The second-order valence-corrected chi connectivity index (χ2v) is 8.77. The van der Waals surface area contributed by atoms with Crippen molar-refractivity contribution in [1.29, 1.82) is 0 Å². The minimum atomic E-state index is 0.225. The van der Waals surface area contributed by atoms with E-state index in [0.29, 0.717) is 6.04 Å². The van der Waals surface area contributed by atoms with Gasteiger partial charge in [0.05, 0.1) is 17.4 Å². The van der Waals surface area contributed by atoms with Crippen molar-refractivity contribution in [3.63, 3.8) is 0 Å². The van der Waals surface area contributed by atoms with Crippen molar-refractivity contribution < 1.29 is 0 Å². The molecule has 1 aliphatic carbocycles. The molecule has 0 saturated heterocycles. The van der Waals surface area contributed by atoms with Gasteiger partial charge in [0, 0.05) is 19.0 Å². The maximum Gasteiger partial charge on any atom is 0.0831 e. The van der Waals surface area contributed by atoms with Crippen LogP contribution in [0, 0.1) is 0 Å². The van der Waals surface area contributed by atoms with Gasteiger partial charge >= 0.3 is 0 Å². The first kappa shape index (κ1) is 20.0. The minimum Gasteiger partial charge on any atom is -0.310 e. The monoisotopic (exact) mass is 409 g/mol. The molecular formula is C28H31N3. The fraction of sp³-hybridized carbons (Fsp3) is 0.321. The van der Waals surface area contributed by atoms with Crippen LogP contribution in [0.3, 0.4) is 0 Å². The Hall–Kier alpha value is -2.91. The lowest BCUT2D eigenvalue weighted by Gasteiger charge is -2.25. The Bertz CT molecular complexity index is 989. The van der Waals surface area contributed by atoms with Crippen LogP contribution in [-0.4, -0.2) is 11.8 Å². The molecule has 0 amide bonds. The summed E-state index contributed by atoms with van der Waals surface area (Å²) < 4.78 is 0. The maximum atomic E-state index is 5.07. The first-order chi connectivity index (χ1) is 15.4. The van der Waals surface area contributed by atoms with Crippen LogP contribution in [0.1, 0.15) is 61.3 Å². The van der Waals surface area contributed by atoms with Crippen LogP contribution in [0.15, 0.2) is 90.0 Å². The fourth-order valence-electron chi connectivity index (χ4n) is 4.82. The van der Waals surface area contributed by atoms with E-state index in [1.807, 2.05) is 0 Å². The van der Waals surface area contributed by atoms with Crippen LogP contribution in [0.4, 0.5) is 5.69 Å². The van der Waals surface area contributed by atoms with Gasteiger partial charge in [-0.25, -0.2) is 0 Å². The predicted molar refractivity (Wildman–Crippen MR) is 129 cm³/mol. The largest absolute Gasteiger partial charge is 0.310 e. The normalized spacial score (nSPS) is 19.4. The van der Waals surface area contributed by atoms with E-state index in [-0.39, 0.29) is 6.04 Å². The topological polar surface area (TPSA) is 27.6 Å². The smallest absolute Gasteiger partial charge is 0.0831 e. The molecule has 3 aromatic rings. The van der Waals surface area contributed by atoms with Crippen LogP contribution in [0.25, 0.3) is 0 Å². The van der Waals surface area contributed by atoms with Gasteiger partial charge in [0.2, 0.25) is 0 Å². The Morgan fingerprint density at radius 2 is 1.45 bits per heavy atom. The summed E-state index contributed by atoms with van der Waals surface area (Å²) in [4.78, 5) is 0. The third kappa shape index (κ3) is 4.72. The van der Waals surface area contributed by atoms with Crippen molar-refractivity contribution in [1.82, 2.24) is 5.32 Å². The van der Waals surface area contributed by atoms with Crippen molar-refractivity contribution in [3.05, 3.63) is 102 Å². The van der Waals surface area contributed by atoms with Crippen molar-refractivity contribution >= 4 is 11.4 Å². The number of rotatable bonds is 6. The molecule has 2 aliphatic rings. The summed E-state index contributed by atoms with van der Waals surface area (Å²) in [6.45, 7) is 0.950. The van der Waals surface area contributed by atoms with Gasteiger partial charge in [0.15, 0.2) is 0 Å². The molecule has 1 atom stereocenters. The fourth-order valence-corrected chi connectivity index (χ4v) is 4.82. The SMILES string of the molecule is c1ccc(C2=NN(c3ccc(CNC4CCCCC4)cc3)[C@@H](c3ccccc3)C2)cc1. The highest BCUT2D eigenvalue weighted by Gasteiger charge is 2.29. The number of nitrogens with zero attached hydrogens (tertiary/aromatic N) is 2. The van der Waals surface area contributed by atoms with Gasteiger partial charge in [-0.15, -0.1) is 0 Å². The zero-order valence-electron chi connectivity index (χ0n) is 18.1. The molecule has 31 heavy (non-hydrogen) atoms. The van der Waals surface area contributed by atoms with Crippen LogP contribution in [0.2, 0.25) is 0 Å². The molecule has 0 bridgehead atoms. The molecule has 0 spiro atoms. The molecule has 0 aromatic heterocycles. The second-order valence-electron chi connectivity index (χ2n) is 8.77. The van der Waals surface area contributed by atoms with Crippen molar-refractivity contribution in [3.8, 4) is 0 Å². The number of nitrogens with one attached hydrogen (secondary N) is 1. The highest BCUT2D eigenvalue weighted by molar-refractivity contribution is 6.03. The minimum absolute atomic E-state index is 0.225. The Morgan fingerprint density at radius 3 is 2.16 bits per heavy atom. The number of hydrogen-bond donors (Lipinski definition) is 1. The third-order valence-electron chi connectivity index (χ3n) is 6.60. The first-order valence-electron chi connectivity index (χ1n) is 11.7. The summed E-state index contributed by atoms with van der Waals surface area (Å²) in [5.41, 5.74) is 6.16. The standard InChI is InChI=1S/C28H31N3/c1-4-10-23(11-5-1)27-20-28(24-12-6-2-7-13-24)31(30-27)26-18-16-22(17-19-26)21-29-25-14-8-3-9-15-25/h1-2,4-7,10-13,16-19,25,28-29H,3,8-9,14-15,20-21H2/t28-/m1/s1. The molecule has 0 unspecified atom stereocenters. The molecule has 1 saturated carbocycles. The van der Waals surface area contributed by atoms with E-state index >= 15 is 0 Å². The molecule has 5 rings (SSSR count). The van der Waals surface area contributed by atoms with Crippen molar-refractivity contribution in [2.24, 2.45) is 5.10 Å². The molecule has 3 nitrogen and oxygen atoms in total. The summed E-state index contributed by atoms with van der Waals surface area (Å²) in [7, 11) is 0. The average Bonchev–Trinajstić information content (AvgIpc) is 3.30. The molecule has 3 heteroatoms. The Morgan fingerprint density at radius 1 is 0.774 bits per heavy atom. The molecule has 158 valence electrons. The maximum absolute atomic E-state index is 5.07. The average molecular weight is 410 g/mol. The summed E-state index contributed by atoms with van der Waals surface area (Å²) in [5.74, 6) is 0. The van der Waals surface area contributed by atoms with E-state index in [1.54, 1.807) is 0 Å². The van der Waals surface area contributed by atoms with Gasteiger partial charge in [-0.05, 0) is 41.7 Å². The van der Waals surface area contributed by atoms with Gasteiger partial charge < -0.3 is 5.32 Å². The zero-order chi connectivity index (χ0) is 20.9. The molecular weight excluding hydrogens is 378 g/mol. The molecule has 1 N–H and O–H groups in total. The van der Waals surface area contributed by atoms with E-state index in [1.165, 1.54) is 48.8 Å². The van der Waals surface area contributed by atoms with Gasteiger partial charge in [-0.3, -0.25) is 5.01 Å². The van der Waals surface area contributed by atoms with E-state index in [0.717, 1.165) is 24.4 Å². The van der Waals surface area contributed by atoms with Crippen LogP contribution in [0.5, 0.6) is 0 Å². The molecule has 1 heterocycles. The number of anilines is 1. The van der Waals surface area contributed by atoms with Gasteiger partial charge in [-0.1, -0.05) is 92.1 Å². The predicted octanol–water partition coefficient (Wildman–Crippen LogP) is 6.46. The van der Waals surface area contributed by atoms with Gasteiger partial charge in [0.25, 0.3) is 0 Å². The number of benzene rings is 3. The second kappa shape index (κ2) is 9.49. The van der Waals surface area contributed by atoms with Gasteiger partial charge in [-0.2, -0.15) is 5.10 Å². The molecule has 1 aliphatic heterocycles. The van der Waals surface area contributed by atoms with Crippen LogP contribution in [-0.2, 0) is 6.54 Å². The van der Waals surface area contributed by atoms with E-state index in [2.05, 4.69) is 95.3 Å². The van der Waals surface area contributed by atoms with Crippen LogP contribution < -0.4 is 10.3 Å².